The summed E-state index contributed by atoms with van der Waals surface area (Å²) in [6.07, 6.45) is 1.27. The molecule has 2 aliphatic rings. The van der Waals surface area contributed by atoms with Crippen LogP contribution in [0.5, 0.6) is 0 Å². The molecule has 0 aliphatic carbocycles. The van der Waals surface area contributed by atoms with Crippen LogP contribution < -0.4 is 10.6 Å². The molecule has 15 heavy (non-hydrogen) atoms. The van der Waals surface area contributed by atoms with Gasteiger partial charge in [-0.25, -0.2) is 0 Å². The number of hydrogen-bond donors (Lipinski definition) is 2. The van der Waals surface area contributed by atoms with Gasteiger partial charge in [-0.05, 0) is 37.1 Å². The molecule has 0 amide bonds. The molecule has 2 N–H and O–H groups in total. The lowest BCUT2D eigenvalue weighted by Gasteiger charge is -2.14. The average molecular weight is 225 g/mol. The fraction of sp³-hybridized carbons (Fsp3) is 0.500. The standard InChI is InChI=1S/C12H16N2.ClH/c1-8-10-3-2-4-11-12(10)9(7-14-11)5-6-13-8;/h2-4,8-9,13-14H,5-7H2,1H3;1H. The third-order valence-corrected chi connectivity index (χ3v) is 3.50. The second-order valence-corrected chi connectivity index (χ2v) is 4.35. The topological polar surface area (TPSA) is 24.1 Å². The Hall–Kier alpha value is -0.730. The van der Waals surface area contributed by atoms with Crippen molar-refractivity contribution in [1.29, 1.82) is 0 Å². The summed E-state index contributed by atoms with van der Waals surface area (Å²) < 4.78 is 0. The van der Waals surface area contributed by atoms with Crippen molar-refractivity contribution in [2.24, 2.45) is 0 Å². The maximum Gasteiger partial charge on any atom is 0.0379 e. The molecule has 0 saturated heterocycles. The Morgan fingerprint density at radius 2 is 2.20 bits per heavy atom. The zero-order chi connectivity index (χ0) is 9.54. The molecule has 1 aromatic carbocycles. The summed E-state index contributed by atoms with van der Waals surface area (Å²) in [6.45, 7) is 4.53. The summed E-state index contributed by atoms with van der Waals surface area (Å²) in [4.78, 5) is 0. The normalized spacial score (nSPS) is 27.3. The highest BCUT2D eigenvalue weighted by molar-refractivity contribution is 5.85. The molecule has 2 aliphatic heterocycles. The summed E-state index contributed by atoms with van der Waals surface area (Å²) in [5.74, 6) is 0.735. The van der Waals surface area contributed by atoms with E-state index in [1.54, 1.807) is 5.56 Å². The molecule has 2 atom stereocenters. The molecular weight excluding hydrogens is 208 g/mol. The minimum absolute atomic E-state index is 0. The highest BCUT2D eigenvalue weighted by Gasteiger charge is 2.28. The van der Waals surface area contributed by atoms with Gasteiger partial charge in [0.1, 0.15) is 0 Å². The first-order valence-electron chi connectivity index (χ1n) is 5.46. The minimum Gasteiger partial charge on any atom is -0.384 e. The van der Waals surface area contributed by atoms with E-state index >= 15 is 0 Å². The molecule has 3 rings (SSSR count). The predicted octanol–water partition coefficient (Wildman–Crippen LogP) is 2.67. The molecule has 2 heterocycles. The van der Waals surface area contributed by atoms with E-state index in [9.17, 15) is 0 Å². The van der Waals surface area contributed by atoms with Crippen LogP contribution in [0.15, 0.2) is 18.2 Å². The quantitative estimate of drug-likeness (QED) is 0.708. The van der Waals surface area contributed by atoms with E-state index in [1.165, 1.54) is 17.7 Å². The Kier molecular flexibility index (Phi) is 2.89. The van der Waals surface area contributed by atoms with E-state index in [1.807, 2.05) is 0 Å². The Labute approximate surface area is 96.9 Å². The number of hydrogen-bond acceptors (Lipinski definition) is 2. The van der Waals surface area contributed by atoms with Crippen LogP contribution in [0.4, 0.5) is 5.69 Å². The first-order chi connectivity index (χ1) is 6.86. The van der Waals surface area contributed by atoms with Gasteiger partial charge in [0.15, 0.2) is 0 Å². The monoisotopic (exact) mass is 224 g/mol. The van der Waals surface area contributed by atoms with Crippen LogP contribution in [-0.2, 0) is 0 Å². The summed E-state index contributed by atoms with van der Waals surface area (Å²) in [7, 11) is 0. The minimum atomic E-state index is 0. The Bertz CT molecular complexity index is 365. The largest absolute Gasteiger partial charge is 0.384 e. The maximum atomic E-state index is 3.56. The SMILES string of the molecule is CC1NCCC2CNc3cccc1c32.Cl. The van der Waals surface area contributed by atoms with Crippen LogP contribution in [0.1, 0.15) is 36.4 Å². The third-order valence-electron chi connectivity index (χ3n) is 3.50. The van der Waals surface area contributed by atoms with Crippen LogP contribution in [0.3, 0.4) is 0 Å². The lowest BCUT2D eigenvalue weighted by molar-refractivity contribution is 0.563. The Morgan fingerprint density at radius 1 is 1.33 bits per heavy atom. The van der Waals surface area contributed by atoms with Crippen molar-refractivity contribution in [2.75, 3.05) is 18.4 Å². The molecule has 0 fully saturated rings. The lowest BCUT2D eigenvalue weighted by Crippen LogP contribution is -2.18. The molecule has 0 saturated carbocycles. The van der Waals surface area contributed by atoms with Crippen LogP contribution in [0.25, 0.3) is 0 Å². The van der Waals surface area contributed by atoms with Crippen molar-refractivity contribution in [2.45, 2.75) is 25.3 Å². The Balaban J connectivity index is 0.000000853. The van der Waals surface area contributed by atoms with Gasteiger partial charge >= 0.3 is 0 Å². The van der Waals surface area contributed by atoms with Crippen molar-refractivity contribution in [1.82, 2.24) is 5.32 Å². The van der Waals surface area contributed by atoms with Crippen LogP contribution >= 0.6 is 12.4 Å². The molecule has 0 spiro atoms. The van der Waals surface area contributed by atoms with E-state index in [4.69, 9.17) is 0 Å². The van der Waals surface area contributed by atoms with Crippen molar-refractivity contribution < 1.29 is 0 Å². The van der Waals surface area contributed by atoms with E-state index in [0.29, 0.717) is 6.04 Å². The summed E-state index contributed by atoms with van der Waals surface area (Å²) in [5.41, 5.74) is 4.43. The number of nitrogens with one attached hydrogen (secondary N) is 2. The number of anilines is 1. The molecule has 0 aromatic heterocycles. The van der Waals surface area contributed by atoms with Crippen molar-refractivity contribution in [3.63, 3.8) is 0 Å². The fourth-order valence-electron chi connectivity index (χ4n) is 2.74. The summed E-state index contributed by atoms with van der Waals surface area (Å²) in [5, 5.41) is 7.07. The zero-order valence-corrected chi connectivity index (χ0v) is 9.73. The second-order valence-electron chi connectivity index (χ2n) is 4.35. The highest BCUT2D eigenvalue weighted by Crippen LogP contribution is 2.39. The van der Waals surface area contributed by atoms with E-state index < -0.39 is 0 Å². The van der Waals surface area contributed by atoms with Gasteiger partial charge in [0.05, 0.1) is 0 Å². The van der Waals surface area contributed by atoms with Crippen LogP contribution in [0.2, 0.25) is 0 Å². The summed E-state index contributed by atoms with van der Waals surface area (Å²) >= 11 is 0. The molecule has 2 nitrogen and oxygen atoms in total. The molecule has 1 aromatic rings. The van der Waals surface area contributed by atoms with Gasteiger partial charge in [-0.3, -0.25) is 0 Å². The van der Waals surface area contributed by atoms with Gasteiger partial charge in [-0.15, -0.1) is 12.4 Å². The number of halogens is 1. The number of benzene rings is 1. The van der Waals surface area contributed by atoms with Crippen molar-refractivity contribution in [3.05, 3.63) is 29.3 Å². The van der Waals surface area contributed by atoms with E-state index in [2.05, 4.69) is 35.8 Å². The van der Waals surface area contributed by atoms with E-state index in [0.717, 1.165) is 19.0 Å². The molecule has 0 radical (unpaired) electrons. The van der Waals surface area contributed by atoms with E-state index in [-0.39, 0.29) is 12.4 Å². The van der Waals surface area contributed by atoms with Crippen molar-refractivity contribution >= 4 is 18.1 Å². The first-order valence-corrected chi connectivity index (χ1v) is 5.46. The third kappa shape index (κ3) is 1.62. The molecule has 0 bridgehead atoms. The van der Waals surface area contributed by atoms with Crippen LogP contribution in [-0.4, -0.2) is 13.1 Å². The number of rotatable bonds is 0. The molecule has 2 unspecified atom stereocenters. The van der Waals surface area contributed by atoms with Gasteiger partial charge in [0.25, 0.3) is 0 Å². The molecular formula is C12H17ClN2. The fourth-order valence-corrected chi connectivity index (χ4v) is 2.74. The van der Waals surface area contributed by atoms with Gasteiger partial charge in [-0.1, -0.05) is 12.1 Å². The maximum absolute atomic E-state index is 3.56. The van der Waals surface area contributed by atoms with Gasteiger partial charge in [0.2, 0.25) is 0 Å². The molecule has 3 heteroatoms. The highest BCUT2D eigenvalue weighted by atomic mass is 35.5. The van der Waals surface area contributed by atoms with Crippen LogP contribution in [0, 0.1) is 0 Å². The predicted molar refractivity (Wildman–Crippen MR) is 66.0 cm³/mol. The van der Waals surface area contributed by atoms with Crippen molar-refractivity contribution in [3.8, 4) is 0 Å². The van der Waals surface area contributed by atoms with Gasteiger partial charge in [-0.2, -0.15) is 0 Å². The lowest BCUT2D eigenvalue weighted by atomic mass is 9.92. The average Bonchev–Trinajstić information content (AvgIpc) is 2.53. The first kappa shape index (κ1) is 10.8. The second kappa shape index (κ2) is 4.03. The molecule has 82 valence electrons. The van der Waals surface area contributed by atoms with Gasteiger partial charge < -0.3 is 10.6 Å². The zero-order valence-electron chi connectivity index (χ0n) is 8.92. The van der Waals surface area contributed by atoms with Gasteiger partial charge in [0, 0.05) is 24.2 Å². The smallest absolute Gasteiger partial charge is 0.0379 e. The summed E-state index contributed by atoms with van der Waals surface area (Å²) in [6, 6.07) is 7.14. The Morgan fingerprint density at radius 3 is 3.07 bits per heavy atom.